The summed E-state index contributed by atoms with van der Waals surface area (Å²) in [4.78, 5) is 18.0. The number of thiophene rings is 1. The predicted molar refractivity (Wildman–Crippen MR) is 98.6 cm³/mol. The number of methoxy groups -OCH3 is 1. The molecule has 7 heteroatoms. The van der Waals surface area contributed by atoms with Gasteiger partial charge in [0, 0.05) is 24.4 Å². The number of hydrogen-bond acceptors (Lipinski definition) is 6. The van der Waals surface area contributed by atoms with Gasteiger partial charge in [0.1, 0.15) is 5.01 Å². The third kappa shape index (κ3) is 4.42. The molecule has 3 rings (SSSR count). The van der Waals surface area contributed by atoms with Crippen molar-refractivity contribution in [3.63, 3.8) is 0 Å². The van der Waals surface area contributed by atoms with Gasteiger partial charge in [-0.1, -0.05) is 6.07 Å². The zero-order valence-corrected chi connectivity index (χ0v) is 15.5. The van der Waals surface area contributed by atoms with Crippen molar-refractivity contribution in [3.05, 3.63) is 28.6 Å². The SMILES string of the molecule is COCC1(CNC(=O)Cc2csc(-c3cccs3)n2)CCNCC1. The summed E-state index contributed by atoms with van der Waals surface area (Å²) in [6, 6.07) is 4.07. The molecule has 1 aliphatic rings. The Labute approximate surface area is 150 Å². The lowest BCUT2D eigenvalue weighted by molar-refractivity contribution is -0.121. The Morgan fingerprint density at radius 3 is 2.96 bits per heavy atom. The Morgan fingerprint density at radius 2 is 2.25 bits per heavy atom. The van der Waals surface area contributed by atoms with Crippen molar-refractivity contribution < 1.29 is 9.53 Å². The van der Waals surface area contributed by atoms with Gasteiger partial charge in [0.25, 0.3) is 0 Å². The van der Waals surface area contributed by atoms with Crippen LogP contribution in [0.2, 0.25) is 0 Å². The van der Waals surface area contributed by atoms with E-state index in [1.165, 1.54) is 0 Å². The molecule has 24 heavy (non-hydrogen) atoms. The van der Waals surface area contributed by atoms with Gasteiger partial charge in [0.05, 0.1) is 23.6 Å². The molecule has 2 aromatic heterocycles. The summed E-state index contributed by atoms with van der Waals surface area (Å²) in [6.07, 6.45) is 2.39. The first-order valence-electron chi connectivity index (χ1n) is 8.15. The molecule has 0 saturated carbocycles. The molecule has 0 unspecified atom stereocenters. The van der Waals surface area contributed by atoms with E-state index in [0.29, 0.717) is 19.6 Å². The van der Waals surface area contributed by atoms with Crippen molar-refractivity contribution in [1.29, 1.82) is 0 Å². The number of carbonyl (C=O) groups is 1. The highest BCUT2D eigenvalue weighted by atomic mass is 32.1. The van der Waals surface area contributed by atoms with E-state index in [9.17, 15) is 4.79 Å². The Morgan fingerprint density at radius 1 is 1.42 bits per heavy atom. The number of rotatable bonds is 7. The standard InChI is InChI=1S/C17H23N3O2S2/c1-22-12-17(4-6-18-7-5-17)11-19-15(21)9-13-10-24-16(20-13)14-3-2-8-23-14/h2-3,8,10,18H,4-7,9,11-12H2,1H3,(H,19,21). The molecule has 2 N–H and O–H groups in total. The van der Waals surface area contributed by atoms with E-state index in [-0.39, 0.29) is 11.3 Å². The van der Waals surface area contributed by atoms with Gasteiger partial charge in [0.15, 0.2) is 0 Å². The molecule has 5 nitrogen and oxygen atoms in total. The van der Waals surface area contributed by atoms with E-state index in [1.807, 2.05) is 16.8 Å². The van der Waals surface area contributed by atoms with E-state index >= 15 is 0 Å². The molecule has 130 valence electrons. The molecule has 0 atom stereocenters. The minimum atomic E-state index is 0.0343. The number of nitrogens with zero attached hydrogens (tertiary/aromatic N) is 1. The van der Waals surface area contributed by atoms with Crippen LogP contribution in [0, 0.1) is 5.41 Å². The number of carbonyl (C=O) groups excluding carboxylic acids is 1. The fraction of sp³-hybridized carbons (Fsp3) is 0.529. The van der Waals surface area contributed by atoms with Gasteiger partial charge in [-0.05, 0) is 37.4 Å². The maximum Gasteiger partial charge on any atom is 0.226 e. The molecule has 1 aliphatic heterocycles. The topological polar surface area (TPSA) is 63.2 Å². The summed E-state index contributed by atoms with van der Waals surface area (Å²) in [5.41, 5.74) is 0.895. The minimum Gasteiger partial charge on any atom is -0.384 e. The second kappa shape index (κ2) is 8.20. The highest BCUT2D eigenvalue weighted by Crippen LogP contribution is 2.29. The van der Waals surface area contributed by atoms with E-state index in [1.54, 1.807) is 29.8 Å². The number of thiazole rings is 1. The zero-order chi connectivity index (χ0) is 16.8. The van der Waals surface area contributed by atoms with Crippen molar-refractivity contribution in [2.24, 2.45) is 5.41 Å². The number of hydrogen-bond donors (Lipinski definition) is 2. The highest BCUT2D eigenvalue weighted by molar-refractivity contribution is 7.20. The number of amides is 1. The summed E-state index contributed by atoms with van der Waals surface area (Å²) in [6.45, 7) is 3.32. The average molecular weight is 366 g/mol. The van der Waals surface area contributed by atoms with Crippen LogP contribution in [0.4, 0.5) is 0 Å². The summed E-state index contributed by atoms with van der Waals surface area (Å²) in [7, 11) is 1.73. The fourth-order valence-corrected chi connectivity index (χ4v) is 4.68. The van der Waals surface area contributed by atoms with Crippen LogP contribution in [-0.4, -0.2) is 44.2 Å². The summed E-state index contributed by atoms with van der Waals surface area (Å²) < 4.78 is 5.39. The predicted octanol–water partition coefficient (Wildman–Crippen LogP) is 2.55. The number of nitrogens with one attached hydrogen (secondary N) is 2. The first kappa shape index (κ1) is 17.5. The Balaban J connectivity index is 1.53. The molecule has 1 amide bonds. The third-order valence-corrected chi connectivity index (χ3v) is 6.33. The first-order chi connectivity index (χ1) is 11.7. The summed E-state index contributed by atoms with van der Waals surface area (Å²) in [5.74, 6) is 0.0343. The van der Waals surface area contributed by atoms with Crippen LogP contribution >= 0.6 is 22.7 Å². The van der Waals surface area contributed by atoms with Crippen LogP contribution in [0.1, 0.15) is 18.5 Å². The van der Waals surface area contributed by atoms with Gasteiger partial charge in [-0.2, -0.15) is 0 Å². The van der Waals surface area contributed by atoms with Crippen LogP contribution in [0.3, 0.4) is 0 Å². The molecule has 0 spiro atoms. The lowest BCUT2D eigenvalue weighted by atomic mass is 9.79. The molecule has 0 aliphatic carbocycles. The van der Waals surface area contributed by atoms with E-state index in [0.717, 1.165) is 41.5 Å². The normalized spacial score (nSPS) is 16.9. The Bertz CT molecular complexity index is 643. The van der Waals surface area contributed by atoms with Gasteiger partial charge in [-0.3, -0.25) is 4.79 Å². The molecule has 0 radical (unpaired) electrons. The van der Waals surface area contributed by atoms with Gasteiger partial charge < -0.3 is 15.4 Å². The minimum absolute atomic E-state index is 0.0343. The van der Waals surface area contributed by atoms with E-state index in [2.05, 4.69) is 21.7 Å². The first-order valence-corrected chi connectivity index (χ1v) is 9.91. The van der Waals surface area contributed by atoms with Crippen LogP contribution in [0.5, 0.6) is 0 Å². The molecule has 0 aromatic carbocycles. The molecule has 3 heterocycles. The second-order valence-corrected chi connectivity index (χ2v) is 8.06. The number of ether oxygens (including phenoxy) is 1. The fourth-order valence-electron chi connectivity index (χ4n) is 3.05. The number of aromatic nitrogens is 1. The van der Waals surface area contributed by atoms with E-state index in [4.69, 9.17) is 4.74 Å². The zero-order valence-electron chi connectivity index (χ0n) is 13.8. The van der Waals surface area contributed by atoms with E-state index < -0.39 is 0 Å². The van der Waals surface area contributed by atoms with Crippen LogP contribution in [-0.2, 0) is 16.0 Å². The van der Waals surface area contributed by atoms with Crippen molar-refractivity contribution in [3.8, 4) is 9.88 Å². The van der Waals surface area contributed by atoms with Crippen LogP contribution < -0.4 is 10.6 Å². The summed E-state index contributed by atoms with van der Waals surface area (Å²) in [5, 5.41) is 11.5. The molecular formula is C17H23N3O2S2. The number of piperidine rings is 1. The third-order valence-electron chi connectivity index (χ3n) is 4.40. The Kier molecular flexibility index (Phi) is 5.99. The molecule has 1 fully saturated rings. The Hall–Kier alpha value is -1.28. The molecule has 2 aromatic rings. The van der Waals surface area contributed by atoms with Crippen molar-refractivity contribution in [2.45, 2.75) is 19.3 Å². The van der Waals surface area contributed by atoms with Gasteiger partial charge in [-0.15, -0.1) is 22.7 Å². The largest absolute Gasteiger partial charge is 0.384 e. The molecule has 0 bridgehead atoms. The van der Waals surface area contributed by atoms with Gasteiger partial charge in [-0.25, -0.2) is 4.98 Å². The summed E-state index contributed by atoms with van der Waals surface area (Å²) >= 11 is 3.26. The molecular weight excluding hydrogens is 342 g/mol. The van der Waals surface area contributed by atoms with Crippen molar-refractivity contribution >= 4 is 28.6 Å². The maximum atomic E-state index is 12.3. The smallest absolute Gasteiger partial charge is 0.226 e. The quantitative estimate of drug-likeness (QED) is 0.791. The van der Waals surface area contributed by atoms with Gasteiger partial charge in [0.2, 0.25) is 5.91 Å². The van der Waals surface area contributed by atoms with Crippen LogP contribution in [0.25, 0.3) is 9.88 Å². The lowest BCUT2D eigenvalue weighted by Crippen LogP contribution is -2.47. The van der Waals surface area contributed by atoms with Gasteiger partial charge >= 0.3 is 0 Å². The highest BCUT2D eigenvalue weighted by Gasteiger charge is 2.32. The average Bonchev–Trinajstić information content (AvgIpc) is 3.25. The van der Waals surface area contributed by atoms with Crippen LogP contribution in [0.15, 0.2) is 22.9 Å². The monoisotopic (exact) mass is 365 g/mol. The van der Waals surface area contributed by atoms with Crippen molar-refractivity contribution in [1.82, 2.24) is 15.6 Å². The maximum absolute atomic E-state index is 12.3. The second-order valence-electron chi connectivity index (χ2n) is 6.26. The lowest BCUT2D eigenvalue weighted by Gasteiger charge is -2.37. The van der Waals surface area contributed by atoms with Crippen molar-refractivity contribution in [2.75, 3.05) is 33.4 Å². The molecule has 1 saturated heterocycles.